The predicted octanol–water partition coefficient (Wildman–Crippen LogP) is 4.90. The molecule has 0 unspecified atom stereocenters. The van der Waals surface area contributed by atoms with Crippen LogP contribution in [0.1, 0.15) is 16.8 Å². The molecule has 25 heavy (non-hydrogen) atoms. The summed E-state index contributed by atoms with van der Waals surface area (Å²) in [6, 6.07) is 15.9. The molecule has 2 aromatic carbocycles. The first-order valence-corrected chi connectivity index (χ1v) is 8.14. The number of aromatic nitrogens is 2. The molecule has 0 saturated carbocycles. The lowest BCUT2D eigenvalue weighted by atomic mass is 10.1. The highest BCUT2D eigenvalue weighted by Crippen LogP contribution is 2.24. The third-order valence-electron chi connectivity index (χ3n) is 3.84. The monoisotopic (exact) mass is 334 g/mol. The van der Waals surface area contributed by atoms with E-state index in [-0.39, 0.29) is 0 Å². The van der Waals surface area contributed by atoms with Gasteiger partial charge in [-0.2, -0.15) is 4.98 Å². The summed E-state index contributed by atoms with van der Waals surface area (Å²) in [7, 11) is 1.65. The van der Waals surface area contributed by atoms with E-state index in [0.717, 1.165) is 28.6 Å². The van der Waals surface area contributed by atoms with E-state index in [2.05, 4.69) is 52.6 Å². The smallest absolute Gasteiger partial charge is 0.229 e. The van der Waals surface area contributed by atoms with Crippen molar-refractivity contribution in [3.63, 3.8) is 0 Å². The number of benzene rings is 2. The summed E-state index contributed by atoms with van der Waals surface area (Å²) in [5.74, 6) is 2.08. The van der Waals surface area contributed by atoms with Crippen molar-refractivity contribution in [3.05, 3.63) is 65.4 Å². The highest BCUT2D eigenvalue weighted by molar-refractivity contribution is 5.63. The molecular formula is C20H22N4O. The van der Waals surface area contributed by atoms with Crippen molar-refractivity contribution in [2.24, 2.45) is 0 Å². The van der Waals surface area contributed by atoms with Gasteiger partial charge in [-0.15, -0.1) is 0 Å². The van der Waals surface area contributed by atoms with Crippen molar-refractivity contribution in [1.29, 1.82) is 0 Å². The second-order valence-corrected chi connectivity index (χ2v) is 6.02. The second-order valence-electron chi connectivity index (χ2n) is 6.02. The number of nitrogens with one attached hydrogen (secondary N) is 2. The Balaban J connectivity index is 1.86. The molecule has 5 heteroatoms. The first kappa shape index (κ1) is 16.8. The highest BCUT2D eigenvalue weighted by atomic mass is 16.5. The number of hydrogen-bond donors (Lipinski definition) is 2. The standard InChI is InChI=1S/C20H22N4O/c1-13-8-9-14(2)18(10-13)23-19-11-15(3)21-20(24-19)22-16-6-5-7-17(12-16)25-4/h5-12H,1-4H3,(H2,21,22,23,24). The van der Waals surface area contributed by atoms with Gasteiger partial charge in [-0.1, -0.05) is 18.2 Å². The van der Waals surface area contributed by atoms with Gasteiger partial charge in [0.2, 0.25) is 5.95 Å². The molecule has 128 valence electrons. The molecule has 0 aliphatic rings. The number of hydrogen-bond acceptors (Lipinski definition) is 5. The molecule has 0 aliphatic carbocycles. The Kier molecular flexibility index (Phi) is 4.84. The average molecular weight is 334 g/mol. The Morgan fingerprint density at radius 3 is 2.52 bits per heavy atom. The second kappa shape index (κ2) is 7.21. The van der Waals surface area contributed by atoms with Crippen LogP contribution in [0.5, 0.6) is 5.75 Å². The zero-order chi connectivity index (χ0) is 17.8. The van der Waals surface area contributed by atoms with Gasteiger partial charge in [-0.05, 0) is 50.1 Å². The summed E-state index contributed by atoms with van der Waals surface area (Å²) in [6.07, 6.45) is 0. The lowest BCUT2D eigenvalue weighted by molar-refractivity contribution is 0.415. The molecule has 0 spiro atoms. The lowest BCUT2D eigenvalue weighted by Crippen LogP contribution is -2.03. The Bertz CT molecular complexity index is 893. The molecule has 0 aliphatic heterocycles. The van der Waals surface area contributed by atoms with Crippen molar-refractivity contribution in [1.82, 2.24) is 9.97 Å². The molecule has 1 heterocycles. The SMILES string of the molecule is COc1cccc(Nc2nc(C)cc(Nc3cc(C)ccc3C)n2)c1. The topological polar surface area (TPSA) is 59.1 Å². The van der Waals surface area contributed by atoms with Crippen LogP contribution in [0, 0.1) is 20.8 Å². The van der Waals surface area contributed by atoms with Gasteiger partial charge in [0.15, 0.2) is 0 Å². The van der Waals surface area contributed by atoms with E-state index >= 15 is 0 Å². The summed E-state index contributed by atoms with van der Waals surface area (Å²) in [5.41, 5.74) is 5.18. The van der Waals surface area contributed by atoms with Crippen LogP contribution in [-0.2, 0) is 0 Å². The number of aryl methyl sites for hydroxylation is 3. The fourth-order valence-corrected chi connectivity index (χ4v) is 2.53. The zero-order valence-corrected chi connectivity index (χ0v) is 14.9. The van der Waals surface area contributed by atoms with Gasteiger partial charge in [-0.25, -0.2) is 4.98 Å². The minimum absolute atomic E-state index is 0.543. The van der Waals surface area contributed by atoms with Crippen LogP contribution < -0.4 is 15.4 Å². The van der Waals surface area contributed by atoms with Crippen LogP contribution in [0.15, 0.2) is 48.5 Å². The lowest BCUT2D eigenvalue weighted by Gasteiger charge is -2.12. The largest absolute Gasteiger partial charge is 0.497 e. The molecule has 0 amide bonds. The van der Waals surface area contributed by atoms with E-state index in [1.54, 1.807) is 7.11 Å². The van der Waals surface area contributed by atoms with Gasteiger partial charge in [0.25, 0.3) is 0 Å². The molecule has 0 bridgehead atoms. The summed E-state index contributed by atoms with van der Waals surface area (Å²) >= 11 is 0. The van der Waals surface area contributed by atoms with E-state index in [4.69, 9.17) is 4.74 Å². The molecule has 0 saturated heterocycles. The maximum absolute atomic E-state index is 5.25. The number of anilines is 4. The first-order chi connectivity index (χ1) is 12.0. The van der Waals surface area contributed by atoms with Gasteiger partial charge in [0, 0.05) is 29.2 Å². The quantitative estimate of drug-likeness (QED) is 0.695. The Morgan fingerprint density at radius 2 is 1.72 bits per heavy atom. The van der Waals surface area contributed by atoms with Crippen molar-refractivity contribution < 1.29 is 4.74 Å². The summed E-state index contributed by atoms with van der Waals surface area (Å²) in [6.45, 7) is 6.10. The first-order valence-electron chi connectivity index (χ1n) is 8.14. The van der Waals surface area contributed by atoms with E-state index in [0.29, 0.717) is 5.95 Å². The van der Waals surface area contributed by atoms with Gasteiger partial charge in [-0.3, -0.25) is 0 Å². The number of nitrogens with zero attached hydrogens (tertiary/aromatic N) is 2. The molecule has 3 rings (SSSR count). The van der Waals surface area contributed by atoms with Gasteiger partial charge < -0.3 is 15.4 Å². The van der Waals surface area contributed by atoms with Gasteiger partial charge in [0.1, 0.15) is 11.6 Å². The third-order valence-corrected chi connectivity index (χ3v) is 3.84. The predicted molar refractivity (Wildman–Crippen MR) is 102 cm³/mol. The van der Waals surface area contributed by atoms with Crippen molar-refractivity contribution >= 4 is 23.1 Å². The maximum atomic E-state index is 5.25. The highest BCUT2D eigenvalue weighted by Gasteiger charge is 2.06. The van der Waals surface area contributed by atoms with E-state index in [1.165, 1.54) is 11.1 Å². The summed E-state index contributed by atoms with van der Waals surface area (Å²) < 4.78 is 5.25. The van der Waals surface area contributed by atoms with E-state index in [1.807, 2.05) is 37.3 Å². The van der Waals surface area contributed by atoms with Crippen LogP contribution >= 0.6 is 0 Å². The fourth-order valence-electron chi connectivity index (χ4n) is 2.53. The van der Waals surface area contributed by atoms with Crippen LogP contribution in [0.25, 0.3) is 0 Å². The number of methoxy groups -OCH3 is 1. The average Bonchev–Trinajstić information content (AvgIpc) is 2.58. The minimum atomic E-state index is 0.543. The van der Waals surface area contributed by atoms with Crippen molar-refractivity contribution in [3.8, 4) is 5.75 Å². The van der Waals surface area contributed by atoms with Crippen LogP contribution in [0.4, 0.5) is 23.1 Å². The molecule has 5 nitrogen and oxygen atoms in total. The van der Waals surface area contributed by atoms with Crippen molar-refractivity contribution in [2.45, 2.75) is 20.8 Å². The molecule has 2 N–H and O–H groups in total. The van der Waals surface area contributed by atoms with Crippen LogP contribution in [0.2, 0.25) is 0 Å². The van der Waals surface area contributed by atoms with Crippen LogP contribution in [-0.4, -0.2) is 17.1 Å². The summed E-state index contributed by atoms with van der Waals surface area (Å²) in [5, 5.41) is 6.62. The third kappa shape index (κ3) is 4.26. The zero-order valence-electron chi connectivity index (χ0n) is 14.9. The normalized spacial score (nSPS) is 10.4. The molecule has 0 radical (unpaired) electrons. The molecule has 0 fully saturated rings. The minimum Gasteiger partial charge on any atom is -0.497 e. The van der Waals surface area contributed by atoms with Crippen LogP contribution in [0.3, 0.4) is 0 Å². The maximum Gasteiger partial charge on any atom is 0.229 e. The van der Waals surface area contributed by atoms with E-state index in [9.17, 15) is 0 Å². The molecule has 3 aromatic rings. The van der Waals surface area contributed by atoms with Gasteiger partial charge in [0.05, 0.1) is 7.11 Å². The van der Waals surface area contributed by atoms with E-state index < -0.39 is 0 Å². The number of rotatable bonds is 5. The molecule has 0 atom stereocenters. The molecule has 1 aromatic heterocycles. The molecular weight excluding hydrogens is 312 g/mol. The van der Waals surface area contributed by atoms with Gasteiger partial charge >= 0.3 is 0 Å². The Labute approximate surface area is 148 Å². The Hall–Kier alpha value is -3.08. The summed E-state index contributed by atoms with van der Waals surface area (Å²) in [4.78, 5) is 9.04. The number of ether oxygens (including phenoxy) is 1. The Morgan fingerprint density at radius 1 is 0.880 bits per heavy atom. The van der Waals surface area contributed by atoms with Crippen molar-refractivity contribution in [2.75, 3.05) is 17.7 Å². The fraction of sp³-hybridized carbons (Fsp3) is 0.200.